The molecule has 1 aromatic rings. The molecule has 0 fully saturated rings. The van der Waals surface area contributed by atoms with E-state index in [0.29, 0.717) is 31.9 Å². The van der Waals surface area contributed by atoms with Crippen LogP contribution in [0.3, 0.4) is 0 Å². The summed E-state index contributed by atoms with van der Waals surface area (Å²) in [5, 5.41) is 6.39. The molecule has 2 amide bonds. The fourth-order valence-corrected chi connectivity index (χ4v) is 3.17. The quantitative estimate of drug-likeness (QED) is 0.677. The average Bonchev–Trinajstić information content (AvgIpc) is 2.58. The van der Waals surface area contributed by atoms with Crippen LogP contribution in [-0.4, -0.2) is 45.3 Å². The average molecular weight is 362 g/mol. The van der Waals surface area contributed by atoms with Gasteiger partial charge in [0, 0.05) is 38.9 Å². The topological polar surface area (TPSA) is 113 Å². The van der Waals surface area contributed by atoms with Crippen molar-refractivity contribution in [1.82, 2.24) is 20.2 Å². The molecule has 1 aliphatic rings. The van der Waals surface area contributed by atoms with Crippen molar-refractivity contribution < 1.29 is 9.59 Å². The van der Waals surface area contributed by atoms with Crippen molar-refractivity contribution in [3.8, 4) is 0 Å². The fraction of sp³-hybridized carbons (Fsp3) is 0.667. The van der Waals surface area contributed by atoms with Crippen LogP contribution < -0.4 is 16.4 Å². The Hall–Kier alpha value is -2.38. The molecule has 0 saturated carbocycles. The van der Waals surface area contributed by atoms with E-state index in [1.54, 1.807) is 11.8 Å². The second-order valence-electron chi connectivity index (χ2n) is 7.25. The molecule has 8 nitrogen and oxygen atoms in total. The Bertz CT molecular complexity index is 678. The van der Waals surface area contributed by atoms with Gasteiger partial charge in [-0.15, -0.1) is 0 Å². The molecule has 0 radical (unpaired) electrons. The van der Waals surface area contributed by atoms with Gasteiger partial charge in [-0.05, 0) is 13.3 Å². The lowest BCUT2D eigenvalue weighted by Gasteiger charge is -2.35. The third-order valence-corrected chi connectivity index (χ3v) is 4.75. The number of amides is 2. The SMILES string of the molecule is CCCCC(C)(CNC(C)=O)Nc1nc(N)nc2c1CN(C(C)=O)CC2. The molecule has 0 aliphatic carbocycles. The highest BCUT2D eigenvalue weighted by molar-refractivity contribution is 5.74. The van der Waals surface area contributed by atoms with E-state index in [2.05, 4.69) is 34.4 Å². The maximum absolute atomic E-state index is 11.8. The molecule has 144 valence electrons. The number of anilines is 2. The largest absolute Gasteiger partial charge is 0.368 e. The summed E-state index contributed by atoms with van der Waals surface area (Å²) in [7, 11) is 0. The number of nitrogens with two attached hydrogens (primary N) is 1. The highest BCUT2D eigenvalue weighted by atomic mass is 16.2. The van der Waals surface area contributed by atoms with Gasteiger partial charge in [-0.3, -0.25) is 9.59 Å². The number of fused-ring (bicyclic) bond motifs is 1. The third-order valence-electron chi connectivity index (χ3n) is 4.75. The summed E-state index contributed by atoms with van der Waals surface area (Å²) in [6, 6.07) is 0. The lowest BCUT2D eigenvalue weighted by molar-refractivity contribution is -0.129. The first-order chi connectivity index (χ1) is 12.2. The van der Waals surface area contributed by atoms with Gasteiger partial charge in [0.15, 0.2) is 0 Å². The normalized spacial score (nSPS) is 15.8. The zero-order valence-corrected chi connectivity index (χ0v) is 16.2. The van der Waals surface area contributed by atoms with Gasteiger partial charge in [0.1, 0.15) is 5.82 Å². The summed E-state index contributed by atoms with van der Waals surface area (Å²) in [5.74, 6) is 0.842. The van der Waals surface area contributed by atoms with Gasteiger partial charge in [-0.1, -0.05) is 19.8 Å². The van der Waals surface area contributed by atoms with E-state index in [9.17, 15) is 9.59 Å². The molecule has 1 atom stereocenters. The summed E-state index contributed by atoms with van der Waals surface area (Å²) in [6.07, 6.45) is 3.61. The zero-order valence-electron chi connectivity index (χ0n) is 16.2. The Balaban J connectivity index is 2.31. The van der Waals surface area contributed by atoms with Gasteiger partial charge < -0.3 is 21.3 Å². The van der Waals surface area contributed by atoms with Crippen LogP contribution in [0.5, 0.6) is 0 Å². The maximum atomic E-state index is 11.8. The molecule has 0 bridgehead atoms. The minimum Gasteiger partial charge on any atom is -0.368 e. The number of aromatic nitrogens is 2. The standard InChI is InChI=1S/C18H30N6O2/c1-5-6-8-18(4,11-20-12(2)25)23-16-14-10-24(13(3)26)9-7-15(14)21-17(19)22-16/h5-11H2,1-4H3,(H,20,25)(H3,19,21,22,23). The van der Waals surface area contributed by atoms with Crippen LogP contribution >= 0.6 is 0 Å². The van der Waals surface area contributed by atoms with Gasteiger partial charge in [0.25, 0.3) is 0 Å². The van der Waals surface area contributed by atoms with Crippen molar-refractivity contribution in [3.05, 3.63) is 11.3 Å². The lowest BCUT2D eigenvalue weighted by Crippen LogP contribution is -2.47. The van der Waals surface area contributed by atoms with Gasteiger partial charge in [0.2, 0.25) is 17.8 Å². The predicted molar refractivity (Wildman–Crippen MR) is 101 cm³/mol. The van der Waals surface area contributed by atoms with E-state index in [0.717, 1.165) is 30.5 Å². The van der Waals surface area contributed by atoms with Gasteiger partial charge in [-0.2, -0.15) is 4.98 Å². The van der Waals surface area contributed by atoms with Crippen LogP contribution in [0.4, 0.5) is 11.8 Å². The molecule has 0 aromatic carbocycles. The molecule has 1 unspecified atom stereocenters. The number of nitrogen functional groups attached to an aromatic ring is 1. The first kappa shape index (κ1) is 19.9. The highest BCUT2D eigenvalue weighted by Gasteiger charge is 2.29. The number of hydrogen-bond acceptors (Lipinski definition) is 6. The fourth-order valence-electron chi connectivity index (χ4n) is 3.17. The minimum atomic E-state index is -0.366. The van der Waals surface area contributed by atoms with E-state index in [1.807, 2.05) is 0 Å². The molecular formula is C18H30N6O2. The molecule has 2 rings (SSSR count). The minimum absolute atomic E-state index is 0.0328. The molecule has 0 spiro atoms. The van der Waals surface area contributed by atoms with E-state index in [1.165, 1.54) is 6.92 Å². The van der Waals surface area contributed by atoms with Crippen molar-refractivity contribution in [2.24, 2.45) is 0 Å². The summed E-state index contributed by atoms with van der Waals surface area (Å²) in [5.41, 5.74) is 7.33. The number of carbonyl (C=O) groups is 2. The first-order valence-electron chi connectivity index (χ1n) is 9.17. The van der Waals surface area contributed by atoms with E-state index in [-0.39, 0.29) is 23.3 Å². The van der Waals surface area contributed by atoms with Crippen LogP contribution in [0.15, 0.2) is 0 Å². The number of hydrogen-bond donors (Lipinski definition) is 3. The Kier molecular flexibility index (Phi) is 6.39. The Morgan fingerprint density at radius 1 is 1.31 bits per heavy atom. The van der Waals surface area contributed by atoms with Crippen molar-refractivity contribution >= 4 is 23.6 Å². The molecule has 4 N–H and O–H groups in total. The summed E-state index contributed by atoms with van der Waals surface area (Å²) < 4.78 is 0. The van der Waals surface area contributed by atoms with Gasteiger partial charge in [-0.25, -0.2) is 4.98 Å². The van der Waals surface area contributed by atoms with Crippen molar-refractivity contribution in [2.75, 3.05) is 24.1 Å². The second kappa shape index (κ2) is 8.33. The van der Waals surface area contributed by atoms with Crippen LogP contribution in [0.25, 0.3) is 0 Å². The number of unbranched alkanes of at least 4 members (excludes halogenated alkanes) is 1. The summed E-state index contributed by atoms with van der Waals surface area (Å²) in [6.45, 7) is 8.86. The van der Waals surface area contributed by atoms with Crippen LogP contribution in [0.2, 0.25) is 0 Å². The summed E-state index contributed by atoms with van der Waals surface area (Å²) >= 11 is 0. The molecular weight excluding hydrogens is 332 g/mol. The zero-order chi connectivity index (χ0) is 19.3. The molecule has 8 heteroatoms. The van der Waals surface area contributed by atoms with E-state index in [4.69, 9.17) is 5.73 Å². The number of nitrogens with one attached hydrogen (secondary N) is 2. The Morgan fingerprint density at radius 2 is 2.04 bits per heavy atom. The monoisotopic (exact) mass is 362 g/mol. The van der Waals surface area contributed by atoms with Crippen molar-refractivity contribution in [3.63, 3.8) is 0 Å². The van der Waals surface area contributed by atoms with Crippen molar-refractivity contribution in [2.45, 2.75) is 65.5 Å². The van der Waals surface area contributed by atoms with Gasteiger partial charge >= 0.3 is 0 Å². The van der Waals surface area contributed by atoms with E-state index >= 15 is 0 Å². The molecule has 2 heterocycles. The summed E-state index contributed by atoms with van der Waals surface area (Å²) in [4.78, 5) is 33.7. The number of carbonyl (C=O) groups excluding carboxylic acids is 2. The second-order valence-corrected chi connectivity index (χ2v) is 7.25. The smallest absolute Gasteiger partial charge is 0.222 e. The molecule has 1 aromatic heterocycles. The van der Waals surface area contributed by atoms with Crippen LogP contribution in [-0.2, 0) is 22.6 Å². The maximum Gasteiger partial charge on any atom is 0.222 e. The lowest BCUT2D eigenvalue weighted by atomic mass is 9.93. The highest BCUT2D eigenvalue weighted by Crippen LogP contribution is 2.28. The Labute approximate surface area is 154 Å². The Morgan fingerprint density at radius 3 is 2.65 bits per heavy atom. The van der Waals surface area contributed by atoms with Gasteiger partial charge in [0.05, 0.1) is 17.8 Å². The van der Waals surface area contributed by atoms with Crippen molar-refractivity contribution in [1.29, 1.82) is 0 Å². The third kappa shape index (κ3) is 5.06. The molecule has 1 aliphatic heterocycles. The molecule has 26 heavy (non-hydrogen) atoms. The van der Waals surface area contributed by atoms with E-state index < -0.39 is 0 Å². The van der Waals surface area contributed by atoms with Crippen LogP contribution in [0, 0.1) is 0 Å². The predicted octanol–water partition coefficient (Wildman–Crippen LogP) is 1.46. The number of rotatable bonds is 7. The number of nitrogens with zero attached hydrogens (tertiary/aromatic N) is 3. The van der Waals surface area contributed by atoms with Crippen LogP contribution in [0.1, 0.15) is 58.2 Å². The molecule has 0 saturated heterocycles. The first-order valence-corrected chi connectivity index (χ1v) is 9.17.